The molecule has 1 rings (SSSR count). The van der Waals surface area contributed by atoms with Gasteiger partial charge in [-0.1, -0.05) is 13.3 Å². The lowest BCUT2D eigenvalue weighted by Gasteiger charge is -1.94. The van der Waals surface area contributed by atoms with E-state index in [9.17, 15) is 4.79 Å². The predicted molar refractivity (Wildman–Crippen MR) is 54.1 cm³/mol. The zero-order valence-corrected chi connectivity index (χ0v) is 8.61. The van der Waals surface area contributed by atoms with E-state index in [1.54, 1.807) is 0 Å². The maximum absolute atomic E-state index is 11.2. The van der Waals surface area contributed by atoms with Crippen molar-refractivity contribution in [3.63, 3.8) is 0 Å². The summed E-state index contributed by atoms with van der Waals surface area (Å²) in [5.74, 6) is -0.343. The Morgan fingerprint density at radius 3 is 2.92 bits per heavy atom. The Labute approximate surface area is 81.5 Å². The van der Waals surface area contributed by atoms with Gasteiger partial charge in [-0.3, -0.25) is 0 Å². The fourth-order valence-corrected chi connectivity index (χ4v) is 2.18. The van der Waals surface area contributed by atoms with Gasteiger partial charge in [0.15, 0.2) is 0 Å². The molecular formula is C9H13NO2S. The van der Waals surface area contributed by atoms with Crippen LogP contribution in [-0.4, -0.2) is 13.1 Å². The van der Waals surface area contributed by atoms with E-state index in [0.29, 0.717) is 10.6 Å². The molecule has 13 heavy (non-hydrogen) atoms. The molecule has 3 nitrogen and oxygen atoms in total. The summed E-state index contributed by atoms with van der Waals surface area (Å²) in [4.78, 5) is 12.8. The summed E-state index contributed by atoms with van der Waals surface area (Å²) >= 11 is 1.42. The second kappa shape index (κ2) is 4.28. The first-order valence-electron chi connectivity index (χ1n) is 4.15. The second-order valence-corrected chi connectivity index (χ2v) is 3.88. The number of aryl methyl sites for hydroxylation is 1. The Hall–Kier alpha value is -1.03. The van der Waals surface area contributed by atoms with Crippen molar-refractivity contribution in [3.8, 4) is 0 Å². The summed E-state index contributed by atoms with van der Waals surface area (Å²) < 4.78 is 4.60. The van der Waals surface area contributed by atoms with E-state index in [-0.39, 0.29) is 5.97 Å². The number of nitrogen functional groups attached to an aromatic ring is 1. The Bertz CT molecular complexity index is 307. The number of anilines is 1. The van der Waals surface area contributed by atoms with Gasteiger partial charge in [0.2, 0.25) is 0 Å². The van der Waals surface area contributed by atoms with Gasteiger partial charge in [0.25, 0.3) is 0 Å². The van der Waals surface area contributed by atoms with Crippen LogP contribution in [0.3, 0.4) is 0 Å². The molecule has 0 spiro atoms. The first-order chi connectivity index (χ1) is 6.19. The highest BCUT2D eigenvalue weighted by atomic mass is 32.1. The normalized spacial score (nSPS) is 10.0. The van der Waals surface area contributed by atoms with Gasteiger partial charge in [-0.05, 0) is 12.5 Å². The Morgan fingerprint density at radius 1 is 1.69 bits per heavy atom. The fraction of sp³-hybridized carbons (Fsp3) is 0.444. The third-order valence-corrected chi connectivity index (χ3v) is 2.87. The smallest absolute Gasteiger partial charge is 0.350 e. The zero-order chi connectivity index (χ0) is 9.84. The highest BCUT2D eigenvalue weighted by Crippen LogP contribution is 2.26. The quantitative estimate of drug-likeness (QED) is 0.758. The summed E-state index contributed by atoms with van der Waals surface area (Å²) in [5, 5.41) is 0. The number of nitrogens with two attached hydrogens (primary N) is 1. The van der Waals surface area contributed by atoms with Crippen LogP contribution in [0.5, 0.6) is 0 Å². The molecule has 0 radical (unpaired) electrons. The van der Waals surface area contributed by atoms with Crippen molar-refractivity contribution in [3.05, 3.63) is 15.8 Å². The monoisotopic (exact) mass is 199 g/mol. The molecule has 0 saturated carbocycles. The van der Waals surface area contributed by atoms with Crippen molar-refractivity contribution < 1.29 is 9.53 Å². The van der Waals surface area contributed by atoms with E-state index in [1.165, 1.54) is 18.4 Å². The standard InChI is InChI=1S/C9H13NO2S/c1-3-4-6-5-7(10)8(13-6)9(11)12-2/h5H,3-4,10H2,1-2H3. The van der Waals surface area contributed by atoms with Gasteiger partial charge in [-0.2, -0.15) is 0 Å². The first kappa shape index (κ1) is 10.1. The number of esters is 1. The van der Waals surface area contributed by atoms with Gasteiger partial charge in [-0.25, -0.2) is 4.79 Å². The number of methoxy groups -OCH3 is 1. The maximum Gasteiger partial charge on any atom is 0.350 e. The molecule has 0 unspecified atom stereocenters. The zero-order valence-electron chi connectivity index (χ0n) is 7.79. The summed E-state index contributed by atoms with van der Waals surface area (Å²) in [6, 6.07) is 1.85. The molecule has 4 heteroatoms. The third-order valence-electron chi connectivity index (χ3n) is 1.68. The molecule has 0 bridgehead atoms. The van der Waals surface area contributed by atoms with Crippen molar-refractivity contribution in [1.82, 2.24) is 0 Å². The van der Waals surface area contributed by atoms with Crippen LogP contribution in [0.25, 0.3) is 0 Å². The lowest BCUT2D eigenvalue weighted by atomic mass is 10.3. The molecule has 0 fully saturated rings. The van der Waals surface area contributed by atoms with Crippen molar-refractivity contribution in [2.75, 3.05) is 12.8 Å². The van der Waals surface area contributed by atoms with Crippen LogP contribution in [0.1, 0.15) is 27.9 Å². The van der Waals surface area contributed by atoms with E-state index >= 15 is 0 Å². The van der Waals surface area contributed by atoms with Crippen LogP contribution in [0.15, 0.2) is 6.07 Å². The molecule has 1 aromatic rings. The minimum Gasteiger partial charge on any atom is -0.465 e. The van der Waals surface area contributed by atoms with Crippen LogP contribution >= 0.6 is 11.3 Å². The number of hydrogen-bond acceptors (Lipinski definition) is 4. The molecule has 0 saturated heterocycles. The van der Waals surface area contributed by atoms with Crippen LogP contribution in [0.4, 0.5) is 5.69 Å². The van der Waals surface area contributed by atoms with Gasteiger partial charge in [0.1, 0.15) is 4.88 Å². The number of thiophene rings is 1. The van der Waals surface area contributed by atoms with Crippen LogP contribution in [0.2, 0.25) is 0 Å². The van der Waals surface area contributed by atoms with E-state index in [4.69, 9.17) is 5.73 Å². The van der Waals surface area contributed by atoms with E-state index in [2.05, 4.69) is 11.7 Å². The average Bonchev–Trinajstić information content (AvgIpc) is 2.46. The molecule has 1 aromatic heterocycles. The van der Waals surface area contributed by atoms with Crippen molar-refractivity contribution >= 4 is 23.0 Å². The molecule has 0 amide bonds. The van der Waals surface area contributed by atoms with Gasteiger partial charge < -0.3 is 10.5 Å². The number of carbonyl (C=O) groups is 1. The van der Waals surface area contributed by atoms with Crippen molar-refractivity contribution in [1.29, 1.82) is 0 Å². The number of hydrogen-bond donors (Lipinski definition) is 1. The largest absolute Gasteiger partial charge is 0.465 e. The molecule has 0 aliphatic heterocycles. The Balaban J connectivity index is 2.89. The van der Waals surface area contributed by atoms with Crippen molar-refractivity contribution in [2.45, 2.75) is 19.8 Å². The number of ether oxygens (including phenoxy) is 1. The SMILES string of the molecule is CCCc1cc(N)c(C(=O)OC)s1. The Morgan fingerprint density at radius 2 is 2.38 bits per heavy atom. The lowest BCUT2D eigenvalue weighted by molar-refractivity contribution is 0.0607. The third kappa shape index (κ3) is 2.21. The van der Waals surface area contributed by atoms with Gasteiger partial charge in [-0.15, -0.1) is 11.3 Å². The van der Waals surface area contributed by atoms with Crippen molar-refractivity contribution in [2.24, 2.45) is 0 Å². The van der Waals surface area contributed by atoms with Gasteiger partial charge in [0.05, 0.1) is 12.8 Å². The number of carbonyl (C=O) groups excluding carboxylic acids is 1. The predicted octanol–water partition coefficient (Wildman–Crippen LogP) is 2.07. The molecule has 72 valence electrons. The second-order valence-electron chi connectivity index (χ2n) is 2.74. The number of rotatable bonds is 3. The van der Waals surface area contributed by atoms with Crippen LogP contribution in [0, 0.1) is 0 Å². The minimum absolute atomic E-state index is 0.343. The summed E-state index contributed by atoms with van der Waals surface area (Å²) in [6.07, 6.45) is 2.02. The maximum atomic E-state index is 11.2. The molecule has 0 aromatic carbocycles. The molecule has 0 aliphatic carbocycles. The molecule has 2 N–H and O–H groups in total. The summed E-state index contributed by atoms with van der Waals surface area (Å²) in [7, 11) is 1.36. The molecular weight excluding hydrogens is 186 g/mol. The van der Waals surface area contributed by atoms with E-state index in [1.807, 2.05) is 6.07 Å². The minimum atomic E-state index is -0.343. The highest BCUT2D eigenvalue weighted by molar-refractivity contribution is 7.14. The fourth-order valence-electron chi connectivity index (χ4n) is 1.08. The lowest BCUT2D eigenvalue weighted by Crippen LogP contribution is -2.00. The average molecular weight is 199 g/mol. The first-order valence-corrected chi connectivity index (χ1v) is 4.97. The van der Waals surface area contributed by atoms with E-state index in [0.717, 1.165) is 17.7 Å². The molecule has 0 atom stereocenters. The van der Waals surface area contributed by atoms with E-state index < -0.39 is 0 Å². The summed E-state index contributed by atoms with van der Waals surface area (Å²) in [6.45, 7) is 2.09. The summed E-state index contributed by atoms with van der Waals surface area (Å²) in [5.41, 5.74) is 6.19. The highest BCUT2D eigenvalue weighted by Gasteiger charge is 2.13. The van der Waals surface area contributed by atoms with Gasteiger partial charge in [0, 0.05) is 4.88 Å². The van der Waals surface area contributed by atoms with Crippen LogP contribution < -0.4 is 5.73 Å². The molecule has 0 aliphatic rings. The Kier molecular flexibility index (Phi) is 3.31. The topological polar surface area (TPSA) is 52.3 Å². The molecule has 1 heterocycles. The van der Waals surface area contributed by atoms with Crippen LogP contribution in [-0.2, 0) is 11.2 Å². The van der Waals surface area contributed by atoms with Gasteiger partial charge >= 0.3 is 5.97 Å².